The van der Waals surface area contributed by atoms with E-state index in [2.05, 4.69) is 95.6 Å². The van der Waals surface area contributed by atoms with Gasteiger partial charge >= 0.3 is 0 Å². The van der Waals surface area contributed by atoms with E-state index in [0.717, 1.165) is 55.3 Å². The Morgan fingerprint density at radius 1 is 0.396 bits per heavy atom. The first-order chi connectivity index (χ1) is 23.8. The fourth-order valence-corrected chi connectivity index (χ4v) is 7.09. The molecule has 3 aromatic heterocycles. The molecular weight excluding hydrogens is 589 g/mol. The molecule has 0 aliphatic heterocycles. The van der Waals surface area contributed by atoms with Crippen LogP contribution in [0.1, 0.15) is 0 Å². The average Bonchev–Trinajstić information content (AvgIpc) is 3.72. The van der Waals surface area contributed by atoms with Crippen LogP contribution in [0.25, 0.3) is 94.4 Å². The van der Waals surface area contributed by atoms with E-state index in [1.165, 1.54) is 21.5 Å². The summed E-state index contributed by atoms with van der Waals surface area (Å²) in [5.41, 5.74) is 7.50. The fraction of sp³-hybridized carbons (Fsp3) is 0. The first kappa shape index (κ1) is 26.6. The Hall–Kier alpha value is -6.59. The highest BCUT2D eigenvalue weighted by molar-refractivity contribution is 6.22. The third-order valence-corrected chi connectivity index (χ3v) is 9.25. The molecule has 0 saturated heterocycles. The number of hydrogen-bond donors (Lipinski definition) is 0. The van der Waals surface area contributed by atoms with Gasteiger partial charge in [-0.2, -0.15) is 0 Å². The molecule has 10 rings (SSSR count). The van der Waals surface area contributed by atoms with Gasteiger partial charge in [-0.1, -0.05) is 133 Å². The van der Waals surface area contributed by atoms with Crippen molar-refractivity contribution >= 4 is 54.5 Å². The maximum absolute atomic E-state index is 6.95. The first-order valence-electron chi connectivity index (χ1n) is 16.0. The number of benzene rings is 7. The van der Waals surface area contributed by atoms with E-state index in [4.69, 9.17) is 19.4 Å². The minimum atomic E-state index is 0.567. The van der Waals surface area contributed by atoms with E-state index in [1.54, 1.807) is 0 Å². The second-order valence-electron chi connectivity index (χ2n) is 12.0. The summed E-state index contributed by atoms with van der Waals surface area (Å²) in [7, 11) is 0. The molecule has 5 nitrogen and oxygen atoms in total. The molecule has 3 heterocycles. The summed E-state index contributed by atoms with van der Waals surface area (Å²) in [6.07, 6.45) is 0. The van der Waals surface area contributed by atoms with E-state index in [-0.39, 0.29) is 0 Å². The van der Waals surface area contributed by atoms with Gasteiger partial charge in [0.05, 0.1) is 22.3 Å². The minimum Gasteiger partial charge on any atom is -0.453 e. The number of aromatic nitrogens is 4. The summed E-state index contributed by atoms with van der Waals surface area (Å²) in [5.74, 6) is 1.80. The van der Waals surface area contributed by atoms with Gasteiger partial charge in [-0.25, -0.2) is 15.0 Å². The summed E-state index contributed by atoms with van der Waals surface area (Å²) in [5, 5.41) is 6.97. The van der Waals surface area contributed by atoms with Crippen LogP contribution in [0.3, 0.4) is 0 Å². The average molecular weight is 615 g/mol. The van der Waals surface area contributed by atoms with Gasteiger partial charge in [0.1, 0.15) is 5.58 Å². The third kappa shape index (κ3) is 4.01. The number of hydrogen-bond acceptors (Lipinski definition) is 4. The SMILES string of the molecule is c1ccc(-c2nc(-c3ccccc3)nc(-c3cccc4c3oc3c(-n5c6ccccc6c6c7ccccc7ccc65)cccc34)n2)cc1. The van der Waals surface area contributed by atoms with Gasteiger partial charge in [0.25, 0.3) is 0 Å². The van der Waals surface area contributed by atoms with Crippen molar-refractivity contribution < 1.29 is 4.42 Å². The highest BCUT2D eigenvalue weighted by Crippen LogP contribution is 2.42. The van der Waals surface area contributed by atoms with Crippen LogP contribution in [0.5, 0.6) is 0 Å². The van der Waals surface area contributed by atoms with Gasteiger partial charge in [0.2, 0.25) is 0 Å². The maximum atomic E-state index is 6.95. The number of rotatable bonds is 4. The lowest BCUT2D eigenvalue weighted by Crippen LogP contribution is -2.00. The lowest BCUT2D eigenvalue weighted by atomic mass is 10.0. The topological polar surface area (TPSA) is 56.7 Å². The van der Waals surface area contributed by atoms with Crippen LogP contribution in [0.15, 0.2) is 162 Å². The van der Waals surface area contributed by atoms with Crippen molar-refractivity contribution in [3.63, 3.8) is 0 Å². The van der Waals surface area contributed by atoms with E-state index in [1.807, 2.05) is 66.7 Å². The van der Waals surface area contributed by atoms with Gasteiger partial charge < -0.3 is 8.98 Å². The molecule has 0 bridgehead atoms. The van der Waals surface area contributed by atoms with Crippen LogP contribution in [0.2, 0.25) is 0 Å². The van der Waals surface area contributed by atoms with Crippen molar-refractivity contribution in [1.82, 2.24) is 19.5 Å². The van der Waals surface area contributed by atoms with Crippen LogP contribution in [0, 0.1) is 0 Å². The second-order valence-corrected chi connectivity index (χ2v) is 12.0. The second kappa shape index (κ2) is 10.5. The minimum absolute atomic E-state index is 0.567. The molecule has 0 aliphatic carbocycles. The quantitative estimate of drug-likeness (QED) is 0.198. The predicted octanol–water partition coefficient (Wildman–Crippen LogP) is 11.0. The molecule has 0 N–H and O–H groups in total. The molecule has 0 saturated carbocycles. The Bertz CT molecular complexity index is 2780. The number of fused-ring (bicyclic) bond motifs is 8. The molecule has 10 aromatic rings. The molecule has 0 fully saturated rings. The van der Waals surface area contributed by atoms with E-state index < -0.39 is 0 Å². The van der Waals surface area contributed by atoms with Gasteiger partial charge in [-0.3, -0.25) is 0 Å². The Balaban J connectivity index is 1.25. The Labute approximate surface area is 275 Å². The predicted molar refractivity (Wildman–Crippen MR) is 195 cm³/mol. The van der Waals surface area contributed by atoms with Crippen LogP contribution in [-0.2, 0) is 0 Å². The normalized spacial score (nSPS) is 11.8. The van der Waals surface area contributed by atoms with Crippen molar-refractivity contribution in [1.29, 1.82) is 0 Å². The standard InChI is InChI=1S/C43H26N4O/c1-3-14-28(15-4-1)41-44-42(29-16-5-2-6-17-29)46-43(45-41)34-22-11-20-31-32-21-12-24-37(40(32)48-39(31)34)47-35-23-10-9-19-33(35)38-30-18-8-7-13-27(30)25-26-36(38)47/h1-26H. The third-order valence-electron chi connectivity index (χ3n) is 9.25. The highest BCUT2D eigenvalue weighted by atomic mass is 16.3. The molecule has 48 heavy (non-hydrogen) atoms. The van der Waals surface area contributed by atoms with E-state index in [0.29, 0.717) is 17.5 Å². The van der Waals surface area contributed by atoms with Crippen LogP contribution < -0.4 is 0 Å². The summed E-state index contributed by atoms with van der Waals surface area (Å²) >= 11 is 0. The smallest absolute Gasteiger partial charge is 0.167 e. The summed E-state index contributed by atoms with van der Waals surface area (Å²) in [4.78, 5) is 14.9. The summed E-state index contributed by atoms with van der Waals surface area (Å²) < 4.78 is 9.29. The zero-order valence-corrected chi connectivity index (χ0v) is 25.7. The van der Waals surface area contributed by atoms with Crippen molar-refractivity contribution in [2.24, 2.45) is 0 Å². The van der Waals surface area contributed by atoms with Crippen LogP contribution >= 0.6 is 0 Å². The number of para-hydroxylation sites is 3. The van der Waals surface area contributed by atoms with Gasteiger partial charge in [0, 0.05) is 32.7 Å². The Kier molecular flexibility index (Phi) is 5.81. The van der Waals surface area contributed by atoms with E-state index >= 15 is 0 Å². The molecule has 0 unspecified atom stereocenters. The zero-order chi connectivity index (χ0) is 31.6. The molecule has 0 aliphatic rings. The zero-order valence-electron chi connectivity index (χ0n) is 25.7. The molecule has 5 heteroatoms. The largest absolute Gasteiger partial charge is 0.453 e. The number of furan rings is 1. The van der Waals surface area contributed by atoms with Crippen molar-refractivity contribution in [3.05, 3.63) is 158 Å². The molecule has 224 valence electrons. The van der Waals surface area contributed by atoms with Gasteiger partial charge in [-0.15, -0.1) is 0 Å². The molecule has 7 aromatic carbocycles. The van der Waals surface area contributed by atoms with Gasteiger partial charge in [0.15, 0.2) is 23.1 Å². The first-order valence-corrected chi connectivity index (χ1v) is 16.0. The van der Waals surface area contributed by atoms with Crippen molar-refractivity contribution in [3.8, 4) is 39.9 Å². The van der Waals surface area contributed by atoms with E-state index in [9.17, 15) is 0 Å². The Morgan fingerprint density at radius 2 is 0.979 bits per heavy atom. The molecule has 0 amide bonds. The van der Waals surface area contributed by atoms with Gasteiger partial charge in [-0.05, 0) is 35.0 Å². The van der Waals surface area contributed by atoms with Crippen molar-refractivity contribution in [2.75, 3.05) is 0 Å². The highest BCUT2D eigenvalue weighted by Gasteiger charge is 2.21. The molecular formula is C43H26N4O. The molecule has 0 radical (unpaired) electrons. The lowest BCUT2D eigenvalue weighted by molar-refractivity contribution is 0.667. The van der Waals surface area contributed by atoms with Crippen molar-refractivity contribution in [2.45, 2.75) is 0 Å². The lowest BCUT2D eigenvalue weighted by Gasteiger charge is -2.09. The molecule has 0 atom stereocenters. The summed E-state index contributed by atoms with van der Waals surface area (Å²) in [6, 6.07) is 54.4. The van der Waals surface area contributed by atoms with Crippen LogP contribution in [-0.4, -0.2) is 19.5 Å². The fourth-order valence-electron chi connectivity index (χ4n) is 7.09. The summed E-state index contributed by atoms with van der Waals surface area (Å²) in [6.45, 7) is 0. The molecule has 0 spiro atoms. The van der Waals surface area contributed by atoms with Crippen LogP contribution in [0.4, 0.5) is 0 Å². The maximum Gasteiger partial charge on any atom is 0.167 e. The number of nitrogens with zero attached hydrogens (tertiary/aromatic N) is 4. The monoisotopic (exact) mass is 614 g/mol. The Morgan fingerprint density at radius 3 is 1.73 bits per heavy atom.